The smallest absolute Gasteiger partial charge is 0.120 e. The molecule has 16 heavy (non-hydrogen) atoms. The Morgan fingerprint density at radius 3 is 2.62 bits per heavy atom. The fourth-order valence-corrected chi connectivity index (χ4v) is 1.45. The molecule has 0 bridgehead atoms. The van der Waals surface area contributed by atoms with Crippen LogP contribution in [-0.2, 0) is 6.54 Å². The summed E-state index contributed by atoms with van der Waals surface area (Å²) in [5.41, 5.74) is 2.00. The Labute approximate surface area is 97.1 Å². The van der Waals surface area contributed by atoms with Gasteiger partial charge in [-0.15, -0.1) is 0 Å². The number of rotatable bonds is 5. The third-order valence-corrected chi connectivity index (χ3v) is 2.67. The van der Waals surface area contributed by atoms with Crippen molar-refractivity contribution in [3.63, 3.8) is 0 Å². The summed E-state index contributed by atoms with van der Waals surface area (Å²) in [5, 5.41) is 22.4. The van der Waals surface area contributed by atoms with Crippen molar-refractivity contribution in [3.8, 4) is 5.75 Å². The third kappa shape index (κ3) is 3.83. The maximum atomic E-state index is 9.61. The Morgan fingerprint density at radius 2 is 2.00 bits per heavy atom. The zero-order chi connectivity index (χ0) is 12.1. The number of aromatic hydroxyl groups is 1. The number of phenols is 1. The molecule has 3 nitrogen and oxygen atoms in total. The number of aryl methyl sites for hydroxylation is 1. The fourth-order valence-electron chi connectivity index (χ4n) is 1.45. The molecule has 0 aliphatic heterocycles. The minimum absolute atomic E-state index is 0.249. The van der Waals surface area contributed by atoms with E-state index in [1.807, 2.05) is 32.9 Å². The van der Waals surface area contributed by atoms with Gasteiger partial charge >= 0.3 is 0 Å². The first-order valence-electron chi connectivity index (χ1n) is 5.68. The van der Waals surface area contributed by atoms with Crippen molar-refractivity contribution < 1.29 is 10.2 Å². The van der Waals surface area contributed by atoms with Gasteiger partial charge in [0.1, 0.15) is 5.75 Å². The summed E-state index contributed by atoms with van der Waals surface area (Å²) in [6, 6.07) is 5.52. The van der Waals surface area contributed by atoms with E-state index in [0.717, 1.165) is 11.1 Å². The molecule has 0 radical (unpaired) electrons. The number of benzene rings is 1. The van der Waals surface area contributed by atoms with Crippen molar-refractivity contribution in [1.29, 1.82) is 0 Å². The van der Waals surface area contributed by atoms with Gasteiger partial charge in [0.15, 0.2) is 0 Å². The van der Waals surface area contributed by atoms with Crippen molar-refractivity contribution in [2.45, 2.75) is 33.4 Å². The first-order chi connectivity index (χ1) is 7.50. The molecule has 1 unspecified atom stereocenters. The molecule has 1 aromatic carbocycles. The predicted octanol–water partition coefficient (Wildman–Crippen LogP) is 1.81. The molecule has 0 fully saturated rings. The van der Waals surface area contributed by atoms with E-state index >= 15 is 0 Å². The number of hydrogen-bond donors (Lipinski definition) is 3. The zero-order valence-electron chi connectivity index (χ0n) is 10.2. The van der Waals surface area contributed by atoms with Crippen LogP contribution < -0.4 is 5.32 Å². The largest absolute Gasteiger partial charge is 0.508 e. The lowest BCUT2D eigenvalue weighted by atomic mass is 10.1. The van der Waals surface area contributed by atoms with Crippen molar-refractivity contribution in [3.05, 3.63) is 29.3 Å². The van der Waals surface area contributed by atoms with E-state index in [1.54, 1.807) is 6.07 Å². The normalized spacial score (nSPS) is 13.1. The van der Waals surface area contributed by atoms with Gasteiger partial charge in [0, 0.05) is 18.7 Å². The van der Waals surface area contributed by atoms with Crippen LogP contribution >= 0.6 is 0 Å². The fraction of sp³-hybridized carbons (Fsp3) is 0.538. The highest BCUT2D eigenvalue weighted by molar-refractivity contribution is 5.35. The molecule has 3 heteroatoms. The molecule has 0 heterocycles. The average Bonchev–Trinajstić information content (AvgIpc) is 2.22. The Hall–Kier alpha value is -1.06. The maximum Gasteiger partial charge on any atom is 0.120 e. The summed E-state index contributed by atoms with van der Waals surface area (Å²) >= 11 is 0. The topological polar surface area (TPSA) is 52.5 Å². The molecular weight excluding hydrogens is 202 g/mol. The van der Waals surface area contributed by atoms with Gasteiger partial charge in [0.05, 0.1) is 6.10 Å². The summed E-state index contributed by atoms with van der Waals surface area (Å²) in [6.07, 6.45) is -0.341. The van der Waals surface area contributed by atoms with Crippen molar-refractivity contribution in [2.24, 2.45) is 5.92 Å². The lowest BCUT2D eigenvalue weighted by Gasteiger charge is -2.15. The number of hydrogen-bond acceptors (Lipinski definition) is 3. The highest BCUT2D eigenvalue weighted by atomic mass is 16.3. The highest BCUT2D eigenvalue weighted by Crippen LogP contribution is 2.17. The number of aliphatic hydroxyl groups is 1. The summed E-state index contributed by atoms with van der Waals surface area (Å²) in [6.45, 7) is 7.08. The summed E-state index contributed by atoms with van der Waals surface area (Å²) in [5.74, 6) is 0.552. The van der Waals surface area contributed by atoms with Gasteiger partial charge in [-0.2, -0.15) is 0 Å². The lowest BCUT2D eigenvalue weighted by Crippen LogP contribution is -2.30. The monoisotopic (exact) mass is 223 g/mol. The molecule has 0 saturated heterocycles. The van der Waals surface area contributed by atoms with Gasteiger partial charge in [-0.05, 0) is 18.9 Å². The van der Waals surface area contributed by atoms with Gasteiger partial charge in [-0.25, -0.2) is 0 Å². The molecule has 1 atom stereocenters. The van der Waals surface area contributed by atoms with Crippen LogP contribution in [0, 0.1) is 12.8 Å². The van der Waals surface area contributed by atoms with Crippen molar-refractivity contribution in [2.75, 3.05) is 6.54 Å². The molecule has 0 amide bonds. The predicted molar refractivity (Wildman–Crippen MR) is 65.4 cm³/mol. The maximum absolute atomic E-state index is 9.61. The van der Waals surface area contributed by atoms with E-state index in [4.69, 9.17) is 0 Å². The molecule has 1 rings (SSSR count). The molecule has 1 aromatic rings. The molecular formula is C13H21NO2. The van der Waals surface area contributed by atoms with Gasteiger partial charge in [-0.1, -0.05) is 31.5 Å². The van der Waals surface area contributed by atoms with Crippen LogP contribution in [0.3, 0.4) is 0 Å². The minimum Gasteiger partial charge on any atom is -0.508 e. The quantitative estimate of drug-likeness (QED) is 0.713. The molecule has 3 N–H and O–H groups in total. The summed E-state index contributed by atoms with van der Waals surface area (Å²) in [7, 11) is 0. The number of nitrogens with one attached hydrogen (secondary N) is 1. The zero-order valence-corrected chi connectivity index (χ0v) is 10.2. The minimum atomic E-state index is -0.341. The van der Waals surface area contributed by atoms with E-state index in [2.05, 4.69) is 5.32 Å². The Bertz CT molecular complexity index is 337. The van der Waals surface area contributed by atoms with Crippen LogP contribution in [0.15, 0.2) is 18.2 Å². The van der Waals surface area contributed by atoms with Gasteiger partial charge in [0.2, 0.25) is 0 Å². The van der Waals surface area contributed by atoms with E-state index < -0.39 is 0 Å². The second-order valence-corrected chi connectivity index (χ2v) is 4.57. The molecule has 0 aliphatic rings. The third-order valence-electron chi connectivity index (χ3n) is 2.67. The van der Waals surface area contributed by atoms with Crippen LogP contribution in [0.25, 0.3) is 0 Å². The molecule has 0 aliphatic carbocycles. The summed E-state index contributed by atoms with van der Waals surface area (Å²) in [4.78, 5) is 0. The van der Waals surface area contributed by atoms with Crippen LogP contribution in [0.1, 0.15) is 25.0 Å². The SMILES string of the molecule is Cc1ccc(O)c(CNCC(O)C(C)C)c1. The highest BCUT2D eigenvalue weighted by Gasteiger charge is 2.08. The number of phenolic OH excluding ortho intramolecular Hbond substituents is 1. The lowest BCUT2D eigenvalue weighted by molar-refractivity contribution is 0.123. The van der Waals surface area contributed by atoms with Gasteiger partial charge in [0.25, 0.3) is 0 Å². The van der Waals surface area contributed by atoms with Crippen molar-refractivity contribution >= 4 is 0 Å². The Kier molecular flexibility index (Phi) is 4.77. The van der Waals surface area contributed by atoms with E-state index in [0.29, 0.717) is 18.8 Å². The van der Waals surface area contributed by atoms with Crippen LogP contribution in [-0.4, -0.2) is 22.9 Å². The molecule has 90 valence electrons. The average molecular weight is 223 g/mol. The first-order valence-corrected chi connectivity index (χ1v) is 5.68. The molecule has 0 spiro atoms. The Morgan fingerprint density at radius 1 is 1.31 bits per heavy atom. The first kappa shape index (κ1) is 13.0. The Balaban J connectivity index is 2.45. The van der Waals surface area contributed by atoms with Gasteiger partial charge in [-0.3, -0.25) is 0 Å². The number of aliphatic hydroxyl groups excluding tert-OH is 1. The second kappa shape index (κ2) is 5.87. The van der Waals surface area contributed by atoms with Crippen LogP contribution in [0.5, 0.6) is 5.75 Å². The summed E-state index contributed by atoms with van der Waals surface area (Å²) < 4.78 is 0. The van der Waals surface area contributed by atoms with Crippen LogP contribution in [0.4, 0.5) is 0 Å². The second-order valence-electron chi connectivity index (χ2n) is 4.57. The van der Waals surface area contributed by atoms with E-state index in [9.17, 15) is 10.2 Å². The standard InChI is InChI=1S/C13H21NO2/c1-9(2)13(16)8-14-7-11-6-10(3)4-5-12(11)15/h4-6,9,13-16H,7-8H2,1-3H3. The van der Waals surface area contributed by atoms with Crippen LogP contribution in [0.2, 0.25) is 0 Å². The van der Waals surface area contributed by atoms with Gasteiger partial charge < -0.3 is 15.5 Å². The molecule has 0 saturated carbocycles. The van der Waals surface area contributed by atoms with E-state index in [-0.39, 0.29) is 12.0 Å². The van der Waals surface area contributed by atoms with Crippen molar-refractivity contribution in [1.82, 2.24) is 5.32 Å². The van der Waals surface area contributed by atoms with E-state index in [1.165, 1.54) is 0 Å². The molecule has 0 aromatic heterocycles.